The van der Waals surface area contributed by atoms with Crippen LogP contribution in [0.3, 0.4) is 0 Å². The Labute approximate surface area is 204 Å². The van der Waals surface area contributed by atoms with Crippen LogP contribution in [0.4, 0.5) is 5.69 Å². The molecule has 1 amide bonds. The van der Waals surface area contributed by atoms with Gasteiger partial charge in [-0.25, -0.2) is 9.79 Å². The van der Waals surface area contributed by atoms with Crippen molar-refractivity contribution in [3.05, 3.63) is 80.9 Å². The van der Waals surface area contributed by atoms with Gasteiger partial charge < -0.3 is 9.15 Å². The summed E-state index contributed by atoms with van der Waals surface area (Å²) in [5.41, 5.74) is 1.84. The lowest BCUT2D eigenvalue weighted by Crippen LogP contribution is -2.23. The van der Waals surface area contributed by atoms with Gasteiger partial charge in [0.25, 0.3) is 5.91 Å². The van der Waals surface area contributed by atoms with Crippen LogP contribution < -0.4 is 0 Å². The number of nitrogens with zero attached hydrogens (tertiary/aromatic N) is 2. The van der Waals surface area contributed by atoms with Crippen LogP contribution in [-0.4, -0.2) is 35.6 Å². The first-order valence-corrected chi connectivity index (χ1v) is 11.5. The fourth-order valence-corrected chi connectivity index (χ4v) is 4.28. The summed E-state index contributed by atoms with van der Waals surface area (Å²) in [7, 11) is 1.66. The van der Waals surface area contributed by atoms with Crippen LogP contribution in [0.2, 0.25) is 10.0 Å². The number of hydrogen-bond acceptors (Lipinski definition) is 6. The van der Waals surface area contributed by atoms with Crippen molar-refractivity contribution >= 4 is 63.8 Å². The molecule has 0 N–H and O–H groups in total. The van der Waals surface area contributed by atoms with E-state index in [2.05, 4.69) is 4.99 Å². The van der Waals surface area contributed by atoms with Gasteiger partial charge in [-0.1, -0.05) is 23.2 Å². The van der Waals surface area contributed by atoms with E-state index in [1.54, 1.807) is 68.6 Å². The SMILES string of the molecule is CCOC(=O)c1ccc(N=C2SC(=Cc3ccc(-c4ccc(Cl)c(Cl)c4)o3)C(=O)N2C)cc1. The van der Waals surface area contributed by atoms with E-state index < -0.39 is 0 Å². The maximum atomic E-state index is 12.7. The van der Waals surface area contributed by atoms with E-state index in [9.17, 15) is 9.59 Å². The van der Waals surface area contributed by atoms with Gasteiger partial charge in [0.1, 0.15) is 11.5 Å². The Hall–Kier alpha value is -3.00. The average Bonchev–Trinajstić information content (AvgIpc) is 3.37. The number of carbonyl (C=O) groups excluding carboxylic acids is 2. The van der Waals surface area contributed by atoms with Gasteiger partial charge in [-0.05, 0) is 73.3 Å². The second kappa shape index (κ2) is 9.87. The Morgan fingerprint density at radius 2 is 1.88 bits per heavy atom. The maximum Gasteiger partial charge on any atom is 0.338 e. The topological polar surface area (TPSA) is 72.1 Å². The normalized spacial score (nSPS) is 16.1. The minimum absolute atomic E-state index is 0.186. The molecule has 0 unspecified atom stereocenters. The van der Waals surface area contributed by atoms with Gasteiger partial charge in [0.15, 0.2) is 5.17 Å². The molecule has 0 bridgehead atoms. The number of hydrogen-bond donors (Lipinski definition) is 0. The first kappa shape index (κ1) is 23.2. The van der Waals surface area contributed by atoms with Crippen molar-refractivity contribution in [3.8, 4) is 11.3 Å². The maximum absolute atomic E-state index is 12.7. The zero-order valence-electron chi connectivity index (χ0n) is 17.7. The Morgan fingerprint density at radius 1 is 1.12 bits per heavy atom. The quantitative estimate of drug-likeness (QED) is 0.289. The largest absolute Gasteiger partial charge is 0.462 e. The molecular formula is C24H18Cl2N2O4S. The van der Waals surface area contributed by atoms with Crippen molar-refractivity contribution in [1.29, 1.82) is 0 Å². The lowest BCUT2D eigenvalue weighted by atomic mass is 10.2. The molecule has 1 aromatic heterocycles. The highest BCUT2D eigenvalue weighted by Crippen LogP contribution is 2.35. The first-order chi connectivity index (χ1) is 15.9. The average molecular weight is 501 g/mol. The highest BCUT2D eigenvalue weighted by Gasteiger charge is 2.30. The molecule has 2 aromatic carbocycles. The zero-order chi connectivity index (χ0) is 23.5. The molecule has 0 radical (unpaired) electrons. The van der Waals surface area contributed by atoms with E-state index in [4.69, 9.17) is 32.4 Å². The van der Waals surface area contributed by atoms with E-state index in [1.807, 2.05) is 6.07 Å². The van der Waals surface area contributed by atoms with E-state index >= 15 is 0 Å². The molecule has 0 saturated carbocycles. The lowest BCUT2D eigenvalue weighted by molar-refractivity contribution is -0.121. The van der Waals surface area contributed by atoms with Crippen molar-refractivity contribution < 1.29 is 18.7 Å². The summed E-state index contributed by atoms with van der Waals surface area (Å²) in [6.45, 7) is 2.07. The highest BCUT2D eigenvalue weighted by atomic mass is 35.5. The van der Waals surface area contributed by atoms with Crippen molar-refractivity contribution in [1.82, 2.24) is 4.90 Å². The van der Waals surface area contributed by atoms with Gasteiger partial charge >= 0.3 is 5.97 Å². The first-order valence-electron chi connectivity index (χ1n) is 9.94. The number of furan rings is 1. The number of likely N-dealkylation sites (N-methyl/N-ethyl adjacent to an activating group) is 1. The van der Waals surface area contributed by atoms with Crippen molar-refractivity contribution in [2.24, 2.45) is 4.99 Å². The number of thioether (sulfide) groups is 1. The van der Waals surface area contributed by atoms with Gasteiger partial charge in [0, 0.05) is 18.7 Å². The van der Waals surface area contributed by atoms with E-state index in [0.29, 0.717) is 49.5 Å². The van der Waals surface area contributed by atoms with Crippen LogP contribution in [0.5, 0.6) is 0 Å². The molecule has 1 aliphatic rings. The molecule has 2 heterocycles. The second-order valence-electron chi connectivity index (χ2n) is 6.97. The number of carbonyl (C=O) groups is 2. The van der Waals surface area contributed by atoms with Crippen molar-refractivity contribution in [2.45, 2.75) is 6.92 Å². The number of amides is 1. The molecule has 4 rings (SSSR count). The second-order valence-corrected chi connectivity index (χ2v) is 8.79. The van der Waals surface area contributed by atoms with Crippen LogP contribution in [0.25, 0.3) is 17.4 Å². The van der Waals surface area contributed by atoms with Crippen molar-refractivity contribution in [3.63, 3.8) is 0 Å². The molecule has 1 fully saturated rings. The molecule has 6 nitrogen and oxygen atoms in total. The molecule has 168 valence electrons. The molecule has 1 saturated heterocycles. The van der Waals surface area contributed by atoms with Gasteiger partial charge in [-0.2, -0.15) is 0 Å². The standard InChI is InChI=1S/C24H18Cl2N2O4S/c1-3-31-23(30)14-4-7-16(8-5-14)27-24-28(2)22(29)21(33-24)13-17-9-11-20(32-17)15-6-10-18(25)19(26)12-15/h4-13H,3H2,1-2H3. The number of esters is 1. The summed E-state index contributed by atoms with van der Waals surface area (Å²) < 4.78 is 10.9. The fourth-order valence-electron chi connectivity index (χ4n) is 3.01. The summed E-state index contributed by atoms with van der Waals surface area (Å²) in [6, 6.07) is 15.5. The van der Waals surface area contributed by atoms with E-state index in [-0.39, 0.29) is 11.9 Å². The molecule has 0 atom stereocenters. The number of ether oxygens (including phenoxy) is 1. The number of rotatable bonds is 5. The molecule has 3 aromatic rings. The van der Waals surface area contributed by atoms with Gasteiger partial charge in [0.2, 0.25) is 0 Å². The number of halogens is 2. The Morgan fingerprint density at radius 3 is 2.58 bits per heavy atom. The van der Waals surface area contributed by atoms with Gasteiger partial charge in [0.05, 0.1) is 32.8 Å². The number of aliphatic imine (C=N–C) groups is 1. The monoisotopic (exact) mass is 500 g/mol. The smallest absolute Gasteiger partial charge is 0.338 e. The minimum Gasteiger partial charge on any atom is -0.462 e. The predicted molar refractivity (Wildman–Crippen MR) is 132 cm³/mol. The van der Waals surface area contributed by atoms with Crippen LogP contribution >= 0.6 is 35.0 Å². The van der Waals surface area contributed by atoms with E-state index in [0.717, 1.165) is 5.56 Å². The van der Waals surface area contributed by atoms with Crippen LogP contribution in [-0.2, 0) is 9.53 Å². The third-order valence-corrected chi connectivity index (χ3v) is 6.51. The van der Waals surface area contributed by atoms with Crippen LogP contribution in [0.15, 0.2) is 68.9 Å². The molecule has 0 aliphatic carbocycles. The summed E-state index contributed by atoms with van der Waals surface area (Å²) in [5, 5.41) is 1.42. The molecule has 0 spiro atoms. The molecule has 1 aliphatic heterocycles. The van der Waals surface area contributed by atoms with Gasteiger partial charge in [-0.3, -0.25) is 9.69 Å². The highest BCUT2D eigenvalue weighted by molar-refractivity contribution is 8.18. The molecule has 9 heteroatoms. The summed E-state index contributed by atoms with van der Waals surface area (Å²) in [5.74, 6) is 0.567. The van der Waals surface area contributed by atoms with Crippen LogP contribution in [0.1, 0.15) is 23.0 Å². The lowest BCUT2D eigenvalue weighted by Gasteiger charge is -2.07. The molecular weight excluding hydrogens is 483 g/mol. The van der Waals surface area contributed by atoms with Crippen LogP contribution in [0, 0.1) is 0 Å². The van der Waals surface area contributed by atoms with Gasteiger partial charge in [-0.15, -0.1) is 0 Å². The Bertz CT molecular complexity index is 1280. The predicted octanol–water partition coefficient (Wildman–Crippen LogP) is 6.66. The minimum atomic E-state index is -0.386. The summed E-state index contributed by atoms with van der Waals surface area (Å²) in [4.78, 5) is 31.0. The van der Waals surface area contributed by atoms with Crippen molar-refractivity contribution in [2.75, 3.05) is 13.7 Å². The third kappa shape index (κ3) is 5.16. The molecule has 33 heavy (non-hydrogen) atoms. The van der Waals surface area contributed by atoms with E-state index in [1.165, 1.54) is 16.7 Å². The third-order valence-electron chi connectivity index (χ3n) is 4.71. The fraction of sp³-hybridized carbons (Fsp3) is 0.125. The number of amidine groups is 1. The Balaban J connectivity index is 1.53. The zero-order valence-corrected chi connectivity index (χ0v) is 20.0. The summed E-state index contributed by atoms with van der Waals surface area (Å²) in [6.07, 6.45) is 1.68. The Kier molecular flexibility index (Phi) is 6.93. The number of benzene rings is 2. The summed E-state index contributed by atoms with van der Waals surface area (Å²) >= 11 is 13.3.